The molecule has 180 valence electrons. The number of phenols is 1. The third kappa shape index (κ3) is 4.58. The van der Waals surface area contributed by atoms with Crippen LogP contribution in [0.4, 0.5) is 5.69 Å². The smallest absolute Gasteiger partial charge is 0.339 e. The summed E-state index contributed by atoms with van der Waals surface area (Å²) in [5, 5.41) is 13.1. The predicted molar refractivity (Wildman–Crippen MR) is 141 cm³/mol. The minimum atomic E-state index is -0.535. The number of aromatic hydroxyl groups is 1. The van der Waals surface area contributed by atoms with Crippen molar-refractivity contribution in [2.45, 2.75) is 26.7 Å². The molecule has 0 aliphatic heterocycles. The summed E-state index contributed by atoms with van der Waals surface area (Å²) in [5.74, 6) is -0.712. The second-order valence-corrected chi connectivity index (χ2v) is 8.98. The van der Waals surface area contributed by atoms with E-state index >= 15 is 0 Å². The molecule has 1 amide bonds. The molecular formula is C30H26N2O4. The van der Waals surface area contributed by atoms with E-state index in [4.69, 9.17) is 9.72 Å². The molecule has 0 saturated heterocycles. The number of hydrogen-bond acceptors (Lipinski definition) is 5. The molecule has 3 aromatic carbocycles. The quantitative estimate of drug-likeness (QED) is 0.352. The third-order valence-electron chi connectivity index (χ3n) is 6.46. The first-order valence-electron chi connectivity index (χ1n) is 11.9. The number of aryl methyl sites for hydroxylation is 2. The number of ether oxygens (including phenoxy) is 1. The molecule has 0 unspecified atom stereocenters. The molecule has 4 aromatic rings. The number of fused-ring (bicyclic) bond motifs is 2. The molecule has 5 rings (SSSR count). The Morgan fingerprint density at radius 2 is 1.69 bits per heavy atom. The largest absolute Gasteiger partial charge is 0.508 e. The maximum absolute atomic E-state index is 13.3. The lowest BCUT2D eigenvalue weighted by Crippen LogP contribution is -2.22. The number of nitrogens with zero attached hydrogens (tertiary/aromatic N) is 1. The van der Waals surface area contributed by atoms with Crippen molar-refractivity contribution in [2.75, 3.05) is 11.9 Å². The first kappa shape index (κ1) is 23.3. The van der Waals surface area contributed by atoms with E-state index in [1.807, 2.05) is 74.5 Å². The highest BCUT2D eigenvalue weighted by molar-refractivity contribution is 6.08. The minimum absolute atomic E-state index is 0.208. The van der Waals surface area contributed by atoms with E-state index in [2.05, 4.69) is 5.32 Å². The molecule has 2 N–H and O–H groups in total. The van der Waals surface area contributed by atoms with Crippen molar-refractivity contribution in [3.05, 3.63) is 100 Å². The normalized spacial score (nSPS) is 13.6. The third-order valence-corrected chi connectivity index (χ3v) is 6.46. The fraction of sp³-hybridized carbons (Fsp3) is 0.167. The number of hydrogen-bond donors (Lipinski definition) is 2. The predicted octanol–water partition coefficient (Wildman–Crippen LogP) is 5.84. The summed E-state index contributed by atoms with van der Waals surface area (Å²) < 4.78 is 5.52. The molecule has 0 saturated carbocycles. The number of amides is 1. The number of aromatic nitrogens is 1. The van der Waals surface area contributed by atoms with Crippen molar-refractivity contribution < 1.29 is 19.4 Å². The van der Waals surface area contributed by atoms with Gasteiger partial charge in [0.15, 0.2) is 6.61 Å². The molecule has 1 heterocycles. The zero-order valence-corrected chi connectivity index (χ0v) is 20.2. The Morgan fingerprint density at radius 1 is 0.972 bits per heavy atom. The van der Waals surface area contributed by atoms with Gasteiger partial charge in [0.1, 0.15) is 5.75 Å². The standard InChI is InChI=1S/C30H26N2O4/c1-18-6-5-7-19(2)28(18)32-26(34)17-36-30(35)27-23-8-3-4-9-25(23)31-29-21(12-15-24(27)29)16-20-10-13-22(33)14-11-20/h3-11,13-14,16,33H,12,15,17H2,1-2H3,(H,32,34)/b21-16+. The fourth-order valence-corrected chi connectivity index (χ4v) is 4.67. The van der Waals surface area contributed by atoms with Gasteiger partial charge in [0.05, 0.1) is 16.8 Å². The number of allylic oxidation sites excluding steroid dienone is 1. The topological polar surface area (TPSA) is 88.5 Å². The first-order chi connectivity index (χ1) is 17.4. The second-order valence-electron chi connectivity index (χ2n) is 8.98. The summed E-state index contributed by atoms with van der Waals surface area (Å²) in [7, 11) is 0. The Labute approximate surface area is 209 Å². The van der Waals surface area contributed by atoms with Crippen molar-refractivity contribution >= 4 is 40.1 Å². The lowest BCUT2D eigenvalue weighted by Gasteiger charge is -2.14. The molecule has 0 fully saturated rings. The molecular weight excluding hydrogens is 452 g/mol. The van der Waals surface area contributed by atoms with Crippen molar-refractivity contribution in [1.29, 1.82) is 0 Å². The molecule has 1 aliphatic carbocycles. The van der Waals surface area contributed by atoms with Gasteiger partial charge in [0, 0.05) is 11.1 Å². The number of carbonyl (C=O) groups is 2. The van der Waals surface area contributed by atoms with Gasteiger partial charge in [0.2, 0.25) is 0 Å². The molecule has 0 atom stereocenters. The number of phenolic OH excluding ortho intramolecular Hbond substituents is 1. The highest BCUT2D eigenvalue weighted by Gasteiger charge is 2.28. The Hall–Kier alpha value is -4.45. The van der Waals surface area contributed by atoms with Crippen molar-refractivity contribution in [2.24, 2.45) is 0 Å². The number of pyridine rings is 1. The molecule has 36 heavy (non-hydrogen) atoms. The van der Waals surface area contributed by atoms with Crippen molar-refractivity contribution in [1.82, 2.24) is 4.98 Å². The van der Waals surface area contributed by atoms with Crippen LogP contribution in [0.15, 0.2) is 66.7 Å². The van der Waals surface area contributed by atoms with Crippen LogP contribution in [0.2, 0.25) is 0 Å². The van der Waals surface area contributed by atoms with Crippen LogP contribution >= 0.6 is 0 Å². The molecule has 6 heteroatoms. The SMILES string of the molecule is Cc1cccc(C)c1NC(=O)COC(=O)c1c2c(nc3ccccc13)/C(=C/c1ccc(O)cc1)CC2. The molecule has 0 spiro atoms. The number of carbonyl (C=O) groups excluding carboxylic acids is 2. The van der Waals surface area contributed by atoms with E-state index < -0.39 is 5.97 Å². The van der Waals surface area contributed by atoms with Gasteiger partial charge in [0.25, 0.3) is 5.91 Å². The Morgan fingerprint density at radius 3 is 2.44 bits per heavy atom. The molecule has 0 bridgehead atoms. The molecule has 1 aromatic heterocycles. The summed E-state index contributed by atoms with van der Waals surface area (Å²) >= 11 is 0. The van der Waals surface area contributed by atoms with Gasteiger partial charge in [-0.05, 0) is 78.8 Å². The lowest BCUT2D eigenvalue weighted by atomic mass is 10.0. The van der Waals surface area contributed by atoms with Gasteiger partial charge < -0.3 is 15.2 Å². The van der Waals surface area contributed by atoms with E-state index in [0.717, 1.165) is 45.6 Å². The molecule has 6 nitrogen and oxygen atoms in total. The van der Waals surface area contributed by atoms with Crippen molar-refractivity contribution in [3.8, 4) is 5.75 Å². The van der Waals surface area contributed by atoms with Gasteiger partial charge in [-0.1, -0.05) is 48.5 Å². The number of anilines is 1. The van der Waals surface area contributed by atoms with Gasteiger partial charge in [-0.2, -0.15) is 0 Å². The number of esters is 1. The number of para-hydroxylation sites is 2. The Balaban J connectivity index is 1.43. The van der Waals surface area contributed by atoms with Gasteiger partial charge in [-0.15, -0.1) is 0 Å². The van der Waals surface area contributed by atoms with E-state index in [1.54, 1.807) is 12.1 Å². The van der Waals surface area contributed by atoms with Gasteiger partial charge >= 0.3 is 5.97 Å². The lowest BCUT2D eigenvalue weighted by molar-refractivity contribution is -0.119. The van der Waals surface area contributed by atoms with E-state index in [0.29, 0.717) is 22.9 Å². The minimum Gasteiger partial charge on any atom is -0.508 e. The monoisotopic (exact) mass is 478 g/mol. The fourth-order valence-electron chi connectivity index (χ4n) is 4.67. The van der Waals surface area contributed by atoms with Crippen LogP contribution < -0.4 is 5.32 Å². The van der Waals surface area contributed by atoms with E-state index in [9.17, 15) is 14.7 Å². The van der Waals surface area contributed by atoms with Crippen molar-refractivity contribution in [3.63, 3.8) is 0 Å². The van der Waals surface area contributed by atoms with Gasteiger partial charge in [-0.3, -0.25) is 4.79 Å². The van der Waals surface area contributed by atoms with Gasteiger partial charge in [-0.25, -0.2) is 9.78 Å². The summed E-state index contributed by atoms with van der Waals surface area (Å²) in [6.07, 6.45) is 3.41. The Kier molecular flexibility index (Phi) is 6.25. The maximum atomic E-state index is 13.3. The van der Waals surface area contributed by atoms with Crippen LogP contribution in [0.3, 0.4) is 0 Å². The second kappa shape index (κ2) is 9.66. The number of rotatable bonds is 5. The Bertz CT molecular complexity index is 1500. The average Bonchev–Trinajstić information content (AvgIpc) is 3.26. The summed E-state index contributed by atoms with van der Waals surface area (Å²) in [6, 6.07) is 20.2. The van der Waals surface area contributed by atoms with Crippen LogP contribution in [0.25, 0.3) is 22.6 Å². The van der Waals surface area contributed by atoms with Crippen LogP contribution in [0.5, 0.6) is 5.75 Å². The number of benzene rings is 3. The van der Waals surface area contributed by atoms with E-state index in [1.165, 1.54) is 0 Å². The highest BCUT2D eigenvalue weighted by Crippen LogP contribution is 2.38. The zero-order valence-electron chi connectivity index (χ0n) is 20.2. The van der Waals surface area contributed by atoms with Crippen LogP contribution in [0, 0.1) is 13.8 Å². The first-order valence-corrected chi connectivity index (χ1v) is 11.9. The van der Waals surface area contributed by atoms with Crippen LogP contribution in [-0.4, -0.2) is 28.6 Å². The summed E-state index contributed by atoms with van der Waals surface area (Å²) in [6.45, 7) is 3.46. The highest BCUT2D eigenvalue weighted by atomic mass is 16.5. The maximum Gasteiger partial charge on any atom is 0.339 e. The van der Waals surface area contributed by atoms with Crippen LogP contribution in [0.1, 0.15) is 44.7 Å². The average molecular weight is 479 g/mol. The number of nitrogens with one attached hydrogen (secondary N) is 1. The summed E-state index contributed by atoms with van der Waals surface area (Å²) in [5.41, 5.74) is 7.35. The molecule has 0 radical (unpaired) electrons. The van der Waals surface area contributed by atoms with Crippen LogP contribution in [-0.2, 0) is 16.0 Å². The molecule has 1 aliphatic rings. The summed E-state index contributed by atoms with van der Waals surface area (Å²) in [4.78, 5) is 30.8. The zero-order chi connectivity index (χ0) is 25.2. The van der Waals surface area contributed by atoms with E-state index in [-0.39, 0.29) is 18.3 Å².